The molecule has 0 spiro atoms. The SMILES string of the molecule is NC1[C@@H](O)[C@H](n2ccc(=O)[nH]c2=O)O[C@@H]1CO. The highest BCUT2D eigenvalue weighted by Crippen LogP contribution is 2.26. The Morgan fingerprint density at radius 2 is 2.24 bits per heavy atom. The van der Waals surface area contributed by atoms with Crippen molar-refractivity contribution in [3.8, 4) is 0 Å². The zero-order valence-electron chi connectivity index (χ0n) is 8.81. The Bertz CT molecular complexity index is 510. The van der Waals surface area contributed by atoms with Gasteiger partial charge >= 0.3 is 5.69 Å². The van der Waals surface area contributed by atoms with E-state index in [0.717, 1.165) is 10.6 Å². The van der Waals surface area contributed by atoms with E-state index in [-0.39, 0.29) is 6.61 Å². The fourth-order valence-corrected chi connectivity index (χ4v) is 1.78. The molecule has 94 valence electrons. The summed E-state index contributed by atoms with van der Waals surface area (Å²) < 4.78 is 6.29. The first-order valence-corrected chi connectivity index (χ1v) is 5.06. The fourth-order valence-electron chi connectivity index (χ4n) is 1.78. The number of aromatic nitrogens is 2. The molecule has 5 N–H and O–H groups in total. The fraction of sp³-hybridized carbons (Fsp3) is 0.556. The predicted molar refractivity (Wildman–Crippen MR) is 56.3 cm³/mol. The quantitative estimate of drug-likeness (QED) is 0.441. The molecule has 1 aliphatic rings. The molecular weight excluding hydrogens is 230 g/mol. The summed E-state index contributed by atoms with van der Waals surface area (Å²) in [7, 11) is 0. The number of H-pyrrole nitrogens is 1. The van der Waals surface area contributed by atoms with Gasteiger partial charge in [-0.05, 0) is 0 Å². The Balaban J connectivity index is 2.35. The Kier molecular flexibility index (Phi) is 3.11. The molecule has 0 amide bonds. The van der Waals surface area contributed by atoms with Crippen LogP contribution in [0.5, 0.6) is 0 Å². The van der Waals surface area contributed by atoms with Gasteiger partial charge in [-0.1, -0.05) is 0 Å². The lowest BCUT2D eigenvalue weighted by atomic mass is 10.1. The van der Waals surface area contributed by atoms with Crippen LogP contribution in [0.4, 0.5) is 0 Å². The van der Waals surface area contributed by atoms with Crippen LogP contribution < -0.4 is 17.0 Å². The number of hydrogen-bond acceptors (Lipinski definition) is 6. The number of rotatable bonds is 2. The summed E-state index contributed by atoms with van der Waals surface area (Å²) in [4.78, 5) is 24.4. The van der Waals surface area contributed by atoms with Gasteiger partial charge in [0.15, 0.2) is 6.23 Å². The summed E-state index contributed by atoms with van der Waals surface area (Å²) in [6.07, 6.45) is -1.67. The van der Waals surface area contributed by atoms with Crippen molar-refractivity contribution in [1.82, 2.24) is 9.55 Å². The third-order valence-electron chi connectivity index (χ3n) is 2.74. The van der Waals surface area contributed by atoms with Crippen LogP contribution in [-0.4, -0.2) is 44.6 Å². The van der Waals surface area contributed by atoms with Crippen LogP contribution in [0.1, 0.15) is 6.23 Å². The minimum absolute atomic E-state index is 0.354. The van der Waals surface area contributed by atoms with Crippen molar-refractivity contribution in [2.24, 2.45) is 5.73 Å². The topological polar surface area (TPSA) is 131 Å². The van der Waals surface area contributed by atoms with E-state index in [1.54, 1.807) is 0 Å². The number of aliphatic hydroxyl groups is 2. The molecule has 2 rings (SSSR count). The van der Waals surface area contributed by atoms with Gasteiger partial charge in [0, 0.05) is 12.3 Å². The summed E-state index contributed by atoms with van der Waals surface area (Å²) in [6.45, 7) is -0.354. The molecule has 1 aliphatic heterocycles. The van der Waals surface area contributed by atoms with E-state index in [9.17, 15) is 14.7 Å². The Morgan fingerprint density at radius 1 is 1.53 bits per heavy atom. The molecule has 0 aromatic carbocycles. The van der Waals surface area contributed by atoms with E-state index in [1.165, 1.54) is 6.20 Å². The van der Waals surface area contributed by atoms with Crippen LogP contribution in [0, 0.1) is 0 Å². The van der Waals surface area contributed by atoms with Crippen molar-refractivity contribution in [1.29, 1.82) is 0 Å². The van der Waals surface area contributed by atoms with E-state index in [1.807, 2.05) is 4.98 Å². The van der Waals surface area contributed by atoms with Gasteiger partial charge in [0.1, 0.15) is 12.2 Å². The van der Waals surface area contributed by atoms with Gasteiger partial charge in [0.2, 0.25) is 0 Å². The molecule has 2 heterocycles. The first-order chi connectivity index (χ1) is 8.04. The molecule has 1 fully saturated rings. The minimum atomic E-state index is -1.13. The molecular formula is C9H13N3O5. The summed E-state index contributed by atoms with van der Waals surface area (Å²) in [5.41, 5.74) is 4.38. The van der Waals surface area contributed by atoms with Gasteiger partial charge in [-0.25, -0.2) is 4.79 Å². The Morgan fingerprint density at radius 3 is 2.76 bits per heavy atom. The second kappa shape index (κ2) is 4.41. The summed E-state index contributed by atoms with van der Waals surface area (Å²) in [5.74, 6) is 0. The number of nitrogens with one attached hydrogen (secondary N) is 1. The Labute approximate surface area is 95.3 Å². The molecule has 17 heavy (non-hydrogen) atoms. The van der Waals surface area contributed by atoms with Crippen LogP contribution in [0.15, 0.2) is 21.9 Å². The van der Waals surface area contributed by atoms with E-state index in [0.29, 0.717) is 0 Å². The summed E-state index contributed by atoms with van der Waals surface area (Å²) in [6, 6.07) is 0.346. The highest BCUT2D eigenvalue weighted by atomic mass is 16.5. The van der Waals surface area contributed by atoms with Gasteiger partial charge in [-0.15, -0.1) is 0 Å². The highest BCUT2D eigenvalue weighted by Gasteiger charge is 2.42. The van der Waals surface area contributed by atoms with Crippen LogP contribution in [0.2, 0.25) is 0 Å². The normalized spacial score (nSPS) is 32.9. The van der Waals surface area contributed by atoms with E-state index >= 15 is 0 Å². The number of hydrogen-bond donors (Lipinski definition) is 4. The number of aliphatic hydroxyl groups excluding tert-OH is 2. The van der Waals surface area contributed by atoms with Gasteiger partial charge in [-0.3, -0.25) is 14.3 Å². The van der Waals surface area contributed by atoms with Gasteiger partial charge in [0.05, 0.1) is 12.6 Å². The number of nitrogens with zero attached hydrogens (tertiary/aromatic N) is 1. The van der Waals surface area contributed by atoms with Gasteiger partial charge in [-0.2, -0.15) is 0 Å². The minimum Gasteiger partial charge on any atom is -0.394 e. The Hall–Kier alpha value is -1.48. The molecule has 0 aliphatic carbocycles. The van der Waals surface area contributed by atoms with Crippen molar-refractivity contribution in [2.45, 2.75) is 24.5 Å². The van der Waals surface area contributed by atoms with E-state index in [2.05, 4.69) is 0 Å². The lowest BCUT2D eigenvalue weighted by molar-refractivity contribution is -0.0532. The standard InChI is InChI=1S/C9H13N3O5/c10-6-4(3-13)17-8(7(6)15)12-2-1-5(14)11-9(12)16/h1-2,4,6-8,13,15H,3,10H2,(H,11,14,16)/t4-,6?,7-,8-/m1/s1. The molecule has 0 radical (unpaired) electrons. The average Bonchev–Trinajstić information content (AvgIpc) is 2.57. The third kappa shape index (κ3) is 2.03. The molecule has 8 nitrogen and oxygen atoms in total. The van der Waals surface area contributed by atoms with Crippen LogP contribution in [-0.2, 0) is 4.74 Å². The van der Waals surface area contributed by atoms with Crippen molar-refractivity contribution < 1.29 is 14.9 Å². The number of ether oxygens (including phenoxy) is 1. The summed E-state index contributed by atoms with van der Waals surface area (Å²) in [5, 5.41) is 18.8. The second-order valence-electron chi connectivity index (χ2n) is 3.83. The third-order valence-corrected chi connectivity index (χ3v) is 2.74. The highest BCUT2D eigenvalue weighted by molar-refractivity contribution is 4.94. The van der Waals surface area contributed by atoms with E-state index in [4.69, 9.17) is 15.6 Å². The largest absolute Gasteiger partial charge is 0.394 e. The maximum atomic E-state index is 11.5. The molecule has 1 aromatic heterocycles. The first-order valence-electron chi connectivity index (χ1n) is 5.06. The zero-order chi connectivity index (χ0) is 12.6. The molecule has 0 bridgehead atoms. The monoisotopic (exact) mass is 243 g/mol. The average molecular weight is 243 g/mol. The lowest BCUT2D eigenvalue weighted by Gasteiger charge is -2.16. The summed E-state index contributed by atoms with van der Waals surface area (Å²) >= 11 is 0. The second-order valence-corrected chi connectivity index (χ2v) is 3.83. The van der Waals surface area contributed by atoms with Crippen molar-refractivity contribution >= 4 is 0 Å². The van der Waals surface area contributed by atoms with E-state index < -0.39 is 35.7 Å². The number of aromatic amines is 1. The maximum Gasteiger partial charge on any atom is 0.330 e. The van der Waals surface area contributed by atoms with Crippen LogP contribution >= 0.6 is 0 Å². The molecule has 1 saturated heterocycles. The molecule has 4 atom stereocenters. The van der Waals surface area contributed by atoms with Crippen LogP contribution in [0.25, 0.3) is 0 Å². The first kappa shape index (κ1) is 12.0. The zero-order valence-corrected chi connectivity index (χ0v) is 8.81. The van der Waals surface area contributed by atoms with Crippen molar-refractivity contribution in [3.63, 3.8) is 0 Å². The lowest BCUT2D eigenvalue weighted by Crippen LogP contribution is -2.42. The van der Waals surface area contributed by atoms with Crippen LogP contribution in [0.3, 0.4) is 0 Å². The number of nitrogens with two attached hydrogens (primary N) is 1. The molecule has 8 heteroatoms. The van der Waals surface area contributed by atoms with Gasteiger partial charge < -0.3 is 20.7 Å². The smallest absolute Gasteiger partial charge is 0.330 e. The molecule has 0 saturated carbocycles. The molecule has 1 unspecified atom stereocenters. The van der Waals surface area contributed by atoms with Crippen molar-refractivity contribution in [3.05, 3.63) is 33.1 Å². The maximum absolute atomic E-state index is 11.5. The predicted octanol–water partition coefficient (Wildman–Crippen LogP) is -2.89. The molecule has 1 aromatic rings. The van der Waals surface area contributed by atoms with Crippen molar-refractivity contribution in [2.75, 3.05) is 6.61 Å². The van der Waals surface area contributed by atoms with Gasteiger partial charge in [0.25, 0.3) is 5.56 Å².